The van der Waals surface area contributed by atoms with Gasteiger partial charge in [-0.25, -0.2) is 4.98 Å². The van der Waals surface area contributed by atoms with Gasteiger partial charge in [0, 0.05) is 17.3 Å². The van der Waals surface area contributed by atoms with E-state index in [0.29, 0.717) is 16.5 Å². The Balaban J connectivity index is 1.46. The van der Waals surface area contributed by atoms with Crippen molar-refractivity contribution < 1.29 is 14.0 Å². The van der Waals surface area contributed by atoms with E-state index in [1.807, 2.05) is 38.1 Å². The van der Waals surface area contributed by atoms with Crippen molar-refractivity contribution in [1.82, 2.24) is 20.5 Å². The number of hydrogen-bond acceptors (Lipinski definition) is 7. The van der Waals surface area contributed by atoms with Crippen LogP contribution in [0, 0.1) is 0 Å². The zero-order valence-corrected chi connectivity index (χ0v) is 17.0. The van der Waals surface area contributed by atoms with Crippen LogP contribution in [0.15, 0.2) is 39.8 Å². The summed E-state index contributed by atoms with van der Waals surface area (Å²) in [4.78, 5) is 29.4. The highest BCUT2D eigenvalue weighted by Crippen LogP contribution is 2.26. The Morgan fingerprint density at radius 3 is 2.76 bits per heavy atom. The number of aromatic nitrogens is 3. The van der Waals surface area contributed by atoms with Crippen molar-refractivity contribution in [2.75, 3.05) is 11.1 Å². The molecule has 2 heterocycles. The quantitative estimate of drug-likeness (QED) is 0.574. The second kappa shape index (κ2) is 8.20. The molecule has 1 aromatic carbocycles. The molecule has 9 heteroatoms. The van der Waals surface area contributed by atoms with E-state index in [1.165, 1.54) is 11.8 Å². The summed E-state index contributed by atoms with van der Waals surface area (Å²) in [5.41, 5.74) is 1.29. The van der Waals surface area contributed by atoms with Crippen LogP contribution < -0.4 is 10.6 Å². The van der Waals surface area contributed by atoms with Gasteiger partial charge in [-0.2, -0.15) is 0 Å². The van der Waals surface area contributed by atoms with E-state index in [1.54, 1.807) is 6.07 Å². The molecule has 150 valence electrons. The van der Waals surface area contributed by atoms with Gasteiger partial charge in [-0.1, -0.05) is 48.9 Å². The number of rotatable bonds is 7. The summed E-state index contributed by atoms with van der Waals surface area (Å²) in [5, 5.41) is 14.7. The third-order valence-electron chi connectivity index (χ3n) is 4.38. The largest absolute Gasteiger partial charge is 0.408 e. The first-order chi connectivity index (χ1) is 14.0. The van der Waals surface area contributed by atoms with Gasteiger partial charge in [0.15, 0.2) is 0 Å². The molecule has 0 atom stereocenters. The van der Waals surface area contributed by atoms with Crippen LogP contribution in [-0.2, 0) is 4.79 Å². The Morgan fingerprint density at radius 2 is 2.03 bits per heavy atom. The van der Waals surface area contributed by atoms with Crippen molar-refractivity contribution in [3.63, 3.8) is 0 Å². The van der Waals surface area contributed by atoms with E-state index in [9.17, 15) is 9.59 Å². The second-order valence-corrected chi connectivity index (χ2v) is 8.21. The van der Waals surface area contributed by atoms with Crippen LogP contribution in [0.4, 0.5) is 6.01 Å². The van der Waals surface area contributed by atoms with Crippen LogP contribution in [0.1, 0.15) is 48.9 Å². The number of anilines is 1. The fourth-order valence-corrected chi connectivity index (χ4v) is 3.43. The molecule has 0 spiro atoms. The molecule has 1 saturated carbocycles. The molecule has 1 aliphatic rings. The number of para-hydroxylation sites is 1. The lowest BCUT2D eigenvalue weighted by Crippen LogP contribution is -2.25. The summed E-state index contributed by atoms with van der Waals surface area (Å²) in [5.74, 6) is 0.270. The van der Waals surface area contributed by atoms with Gasteiger partial charge in [0.2, 0.25) is 11.8 Å². The molecule has 8 nitrogen and oxygen atoms in total. The number of pyridine rings is 1. The summed E-state index contributed by atoms with van der Waals surface area (Å²) in [6, 6.07) is 9.58. The first-order valence-corrected chi connectivity index (χ1v) is 10.4. The molecule has 0 saturated heterocycles. The number of fused-ring (bicyclic) bond motifs is 1. The molecule has 0 aliphatic heterocycles. The summed E-state index contributed by atoms with van der Waals surface area (Å²) in [6.45, 7) is 3.86. The van der Waals surface area contributed by atoms with Crippen LogP contribution in [0.3, 0.4) is 0 Å². The van der Waals surface area contributed by atoms with Crippen LogP contribution in [0.25, 0.3) is 10.9 Å². The van der Waals surface area contributed by atoms with E-state index in [4.69, 9.17) is 4.42 Å². The van der Waals surface area contributed by atoms with Crippen LogP contribution >= 0.6 is 11.8 Å². The van der Waals surface area contributed by atoms with Crippen molar-refractivity contribution in [1.29, 1.82) is 0 Å². The van der Waals surface area contributed by atoms with Crippen molar-refractivity contribution >= 4 is 40.5 Å². The van der Waals surface area contributed by atoms with Gasteiger partial charge in [-0.3, -0.25) is 14.9 Å². The normalized spacial score (nSPS) is 13.6. The Labute approximate surface area is 171 Å². The van der Waals surface area contributed by atoms with Gasteiger partial charge in [0.1, 0.15) is 0 Å². The Morgan fingerprint density at radius 1 is 1.24 bits per heavy atom. The highest BCUT2D eigenvalue weighted by Gasteiger charge is 2.25. The number of carbonyl (C=O) groups excluding carboxylic acids is 2. The Kier molecular flexibility index (Phi) is 5.48. The van der Waals surface area contributed by atoms with Gasteiger partial charge in [0.25, 0.3) is 5.91 Å². The number of nitrogens with zero attached hydrogens (tertiary/aromatic N) is 3. The number of nitrogens with one attached hydrogen (secondary N) is 2. The molecule has 0 unspecified atom stereocenters. The predicted octanol–water partition coefficient (Wildman–Crippen LogP) is 3.36. The maximum Gasteiger partial charge on any atom is 0.322 e. The van der Waals surface area contributed by atoms with E-state index in [0.717, 1.165) is 23.7 Å². The second-order valence-electron chi connectivity index (χ2n) is 7.21. The highest BCUT2D eigenvalue weighted by molar-refractivity contribution is 7.99. The fourth-order valence-electron chi connectivity index (χ4n) is 2.72. The summed E-state index contributed by atoms with van der Waals surface area (Å²) < 4.78 is 5.39. The predicted molar refractivity (Wildman–Crippen MR) is 110 cm³/mol. The van der Waals surface area contributed by atoms with Gasteiger partial charge in [-0.05, 0) is 25.0 Å². The van der Waals surface area contributed by atoms with Crippen LogP contribution in [0.2, 0.25) is 0 Å². The molecule has 4 rings (SSSR count). The van der Waals surface area contributed by atoms with Crippen molar-refractivity contribution in [3.8, 4) is 0 Å². The molecular weight excluding hydrogens is 390 g/mol. The lowest BCUT2D eigenvalue weighted by atomic mass is 10.1. The van der Waals surface area contributed by atoms with E-state index >= 15 is 0 Å². The molecule has 1 fully saturated rings. The van der Waals surface area contributed by atoms with Gasteiger partial charge in [-0.15, -0.1) is 5.10 Å². The molecule has 2 N–H and O–H groups in total. The minimum atomic E-state index is -0.284. The molecule has 1 aliphatic carbocycles. The Hall–Kier alpha value is -2.94. The summed E-state index contributed by atoms with van der Waals surface area (Å²) in [7, 11) is 0. The topological polar surface area (TPSA) is 110 Å². The van der Waals surface area contributed by atoms with Gasteiger partial charge in [0.05, 0.1) is 21.9 Å². The zero-order chi connectivity index (χ0) is 20.4. The first-order valence-electron chi connectivity index (χ1n) is 9.46. The average Bonchev–Trinajstić information content (AvgIpc) is 3.39. The lowest BCUT2D eigenvalue weighted by Gasteiger charge is -2.09. The summed E-state index contributed by atoms with van der Waals surface area (Å²) in [6.07, 6.45) is 2.04. The number of benzene rings is 1. The smallest absolute Gasteiger partial charge is 0.322 e. The van der Waals surface area contributed by atoms with E-state index < -0.39 is 0 Å². The van der Waals surface area contributed by atoms with E-state index in [2.05, 4.69) is 25.8 Å². The minimum Gasteiger partial charge on any atom is -0.408 e. The molecular formula is C20H21N5O3S. The fraction of sp³-hybridized carbons (Fsp3) is 0.350. The van der Waals surface area contributed by atoms with Gasteiger partial charge < -0.3 is 9.73 Å². The lowest BCUT2D eigenvalue weighted by molar-refractivity contribution is -0.113. The van der Waals surface area contributed by atoms with Crippen molar-refractivity contribution in [3.05, 3.63) is 41.8 Å². The van der Waals surface area contributed by atoms with Crippen molar-refractivity contribution in [2.24, 2.45) is 0 Å². The molecule has 2 amide bonds. The molecule has 3 aromatic rings. The maximum atomic E-state index is 12.6. The van der Waals surface area contributed by atoms with Crippen molar-refractivity contribution in [2.45, 2.75) is 43.7 Å². The molecule has 2 aromatic heterocycles. The number of hydrogen-bond donors (Lipinski definition) is 2. The highest BCUT2D eigenvalue weighted by atomic mass is 32.2. The first kappa shape index (κ1) is 19.4. The maximum absolute atomic E-state index is 12.6. The number of amides is 2. The Bertz CT molecular complexity index is 1060. The molecule has 0 bridgehead atoms. The zero-order valence-electron chi connectivity index (χ0n) is 16.1. The molecule has 29 heavy (non-hydrogen) atoms. The third kappa shape index (κ3) is 4.73. The molecule has 0 radical (unpaired) electrons. The monoisotopic (exact) mass is 411 g/mol. The van der Waals surface area contributed by atoms with Crippen LogP contribution in [0.5, 0.6) is 0 Å². The third-order valence-corrected chi connectivity index (χ3v) is 5.29. The van der Waals surface area contributed by atoms with E-state index in [-0.39, 0.29) is 35.5 Å². The SMILES string of the molecule is CC(C)c1nnc(NC(=O)CSc2cc(C(=O)NC3CC3)c3ccccc3n2)o1. The number of carbonyl (C=O) groups is 2. The van der Waals surface area contributed by atoms with Crippen LogP contribution in [-0.4, -0.2) is 38.8 Å². The van der Waals surface area contributed by atoms with Gasteiger partial charge >= 0.3 is 6.01 Å². The standard InChI is InChI=1S/C20H21N5O3S/c1-11(2)19-24-25-20(28-19)23-16(26)10-29-17-9-14(18(27)21-12-7-8-12)13-5-3-4-6-15(13)22-17/h3-6,9,11-12H,7-8,10H2,1-2H3,(H,21,27)(H,23,25,26). The average molecular weight is 411 g/mol. The summed E-state index contributed by atoms with van der Waals surface area (Å²) >= 11 is 1.25. The number of thioether (sulfide) groups is 1. The minimum absolute atomic E-state index is 0.0790.